The molecule has 1 N–H and O–H groups in total. The summed E-state index contributed by atoms with van der Waals surface area (Å²) in [5, 5.41) is 3.42. The Kier molecular flexibility index (Phi) is 3.84. The Morgan fingerprint density at radius 2 is 2.06 bits per heavy atom. The van der Waals surface area contributed by atoms with Crippen LogP contribution < -0.4 is 5.32 Å². The molecule has 1 fully saturated rings. The number of nitrogens with one attached hydrogen (secondary N) is 1. The number of hydrogen-bond donors (Lipinski definition) is 1. The molecule has 0 radical (unpaired) electrons. The van der Waals surface area contributed by atoms with Crippen LogP contribution >= 0.6 is 15.9 Å². The van der Waals surface area contributed by atoms with Gasteiger partial charge < -0.3 is 14.8 Å². The second kappa shape index (κ2) is 5.17. The van der Waals surface area contributed by atoms with Crippen molar-refractivity contribution in [2.24, 2.45) is 0 Å². The minimum absolute atomic E-state index is 0.169. The molecule has 1 saturated heterocycles. The molecule has 1 heterocycles. The Balaban J connectivity index is 2.03. The number of hydrogen-bond acceptors (Lipinski definition) is 3. The molecule has 1 aromatic rings. The lowest BCUT2D eigenvalue weighted by Crippen LogP contribution is -2.22. The predicted octanol–water partition coefficient (Wildman–Crippen LogP) is 2.85. The van der Waals surface area contributed by atoms with E-state index in [1.54, 1.807) is 0 Å². The van der Waals surface area contributed by atoms with E-state index in [0.717, 1.165) is 11.0 Å². The monoisotopic (exact) mass is 285 g/mol. The van der Waals surface area contributed by atoms with Gasteiger partial charge in [-0.1, -0.05) is 15.9 Å². The van der Waals surface area contributed by atoms with E-state index in [1.807, 2.05) is 0 Å². The molecule has 1 aliphatic rings. The minimum Gasteiger partial charge on any atom is -0.382 e. The molecule has 1 aromatic carbocycles. The molecule has 1 unspecified atom stereocenters. The van der Waals surface area contributed by atoms with Gasteiger partial charge in [0.2, 0.25) is 0 Å². The zero-order chi connectivity index (χ0) is 11.5. The van der Waals surface area contributed by atoms with Crippen LogP contribution in [0.2, 0.25) is 0 Å². The number of benzene rings is 1. The summed E-state index contributed by atoms with van der Waals surface area (Å²) in [6.45, 7) is 6.10. The maximum atomic E-state index is 5.38. The molecule has 0 amide bonds. The summed E-state index contributed by atoms with van der Waals surface area (Å²) in [5.74, 6) is 0. The SMILES string of the molecule is Cc1cc(Br)cc(C)c1NCC1COCO1. The van der Waals surface area contributed by atoms with Crippen LogP contribution in [0.5, 0.6) is 0 Å². The molecule has 4 heteroatoms. The van der Waals surface area contributed by atoms with Crippen LogP contribution in [0.3, 0.4) is 0 Å². The summed E-state index contributed by atoms with van der Waals surface area (Å²) in [7, 11) is 0. The van der Waals surface area contributed by atoms with Gasteiger partial charge in [-0.05, 0) is 37.1 Å². The summed E-state index contributed by atoms with van der Waals surface area (Å²) in [6, 6.07) is 4.22. The number of halogens is 1. The summed E-state index contributed by atoms with van der Waals surface area (Å²) in [4.78, 5) is 0. The van der Waals surface area contributed by atoms with Crippen molar-refractivity contribution in [3.63, 3.8) is 0 Å². The third-order valence-electron chi connectivity index (χ3n) is 2.69. The minimum atomic E-state index is 0.169. The Bertz CT molecular complexity index is 352. The maximum absolute atomic E-state index is 5.38. The number of aryl methyl sites for hydroxylation is 2. The van der Waals surface area contributed by atoms with Crippen LogP contribution in [-0.2, 0) is 9.47 Å². The standard InChI is InChI=1S/C12H16BrNO2/c1-8-3-10(13)4-9(2)12(8)14-5-11-6-15-7-16-11/h3-4,11,14H,5-7H2,1-2H3. The molecule has 0 bridgehead atoms. The Morgan fingerprint density at radius 1 is 1.38 bits per heavy atom. The van der Waals surface area contributed by atoms with Crippen LogP contribution in [0, 0.1) is 13.8 Å². The lowest BCUT2D eigenvalue weighted by molar-refractivity contribution is 0.0500. The fraction of sp³-hybridized carbons (Fsp3) is 0.500. The summed E-state index contributed by atoms with van der Waals surface area (Å²) >= 11 is 3.49. The van der Waals surface area contributed by atoms with Crippen LogP contribution in [-0.4, -0.2) is 26.0 Å². The first-order valence-corrected chi connectivity index (χ1v) is 6.16. The molecule has 1 aliphatic heterocycles. The van der Waals surface area contributed by atoms with Gasteiger partial charge in [0.15, 0.2) is 0 Å². The Labute approximate surface area is 104 Å². The lowest BCUT2D eigenvalue weighted by Gasteiger charge is -2.15. The van der Waals surface area contributed by atoms with Gasteiger partial charge in [-0.15, -0.1) is 0 Å². The second-order valence-corrected chi connectivity index (χ2v) is 4.99. The molecule has 0 spiro atoms. The van der Waals surface area contributed by atoms with E-state index >= 15 is 0 Å². The molecule has 2 rings (SSSR count). The average molecular weight is 286 g/mol. The van der Waals surface area contributed by atoms with Gasteiger partial charge in [-0.3, -0.25) is 0 Å². The van der Waals surface area contributed by atoms with Gasteiger partial charge in [-0.25, -0.2) is 0 Å². The largest absolute Gasteiger partial charge is 0.382 e. The molecule has 0 aromatic heterocycles. The number of rotatable bonds is 3. The van der Waals surface area contributed by atoms with Gasteiger partial charge in [0.25, 0.3) is 0 Å². The molecule has 1 atom stereocenters. The van der Waals surface area contributed by atoms with E-state index in [1.165, 1.54) is 16.8 Å². The van der Waals surface area contributed by atoms with Gasteiger partial charge in [0, 0.05) is 16.7 Å². The molecular formula is C12H16BrNO2. The maximum Gasteiger partial charge on any atom is 0.147 e. The van der Waals surface area contributed by atoms with E-state index in [4.69, 9.17) is 9.47 Å². The van der Waals surface area contributed by atoms with Crippen molar-refractivity contribution in [2.45, 2.75) is 20.0 Å². The van der Waals surface area contributed by atoms with Gasteiger partial charge in [0.05, 0.1) is 6.61 Å². The molecule has 0 saturated carbocycles. The van der Waals surface area contributed by atoms with Crippen molar-refractivity contribution in [1.29, 1.82) is 0 Å². The molecule has 16 heavy (non-hydrogen) atoms. The quantitative estimate of drug-likeness (QED) is 0.926. The topological polar surface area (TPSA) is 30.5 Å². The van der Waals surface area contributed by atoms with Crippen LogP contribution in [0.25, 0.3) is 0 Å². The zero-order valence-corrected chi connectivity index (χ0v) is 11.1. The van der Waals surface area contributed by atoms with Crippen LogP contribution in [0.15, 0.2) is 16.6 Å². The summed E-state index contributed by atoms with van der Waals surface area (Å²) in [6.07, 6.45) is 0.169. The van der Waals surface area contributed by atoms with E-state index in [-0.39, 0.29) is 6.10 Å². The van der Waals surface area contributed by atoms with Crippen molar-refractivity contribution >= 4 is 21.6 Å². The fourth-order valence-electron chi connectivity index (χ4n) is 1.90. The summed E-state index contributed by atoms with van der Waals surface area (Å²) < 4.78 is 11.7. The first-order valence-electron chi connectivity index (χ1n) is 5.37. The van der Waals surface area contributed by atoms with E-state index in [0.29, 0.717) is 13.4 Å². The van der Waals surface area contributed by atoms with E-state index < -0.39 is 0 Å². The highest BCUT2D eigenvalue weighted by Gasteiger charge is 2.16. The second-order valence-electron chi connectivity index (χ2n) is 4.07. The lowest BCUT2D eigenvalue weighted by atomic mass is 10.1. The van der Waals surface area contributed by atoms with Gasteiger partial charge >= 0.3 is 0 Å². The van der Waals surface area contributed by atoms with Crippen molar-refractivity contribution < 1.29 is 9.47 Å². The molecule has 0 aliphatic carbocycles. The molecule has 88 valence electrons. The van der Waals surface area contributed by atoms with E-state index in [9.17, 15) is 0 Å². The highest BCUT2D eigenvalue weighted by atomic mass is 79.9. The normalized spacial score (nSPS) is 20.1. The zero-order valence-electron chi connectivity index (χ0n) is 9.55. The fourth-order valence-corrected chi connectivity index (χ4v) is 2.58. The van der Waals surface area contributed by atoms with Crippen LogP contribution in [0.1, 0.15) is 11.1 Å². The van der Waals surface area contributed by atoms with Crippen molar-refractivity contribution in [1.82, 2.24) is 0 Å². The van der Waals surface area contributed by atoms with E-state index in [2.05, 4.69) is 47.2 Å². The van der Waals surface area contributed by atoms with Crippen molar-refractivity contribution in [3.05, 3.63) is 27.7 Å². The first-order chi connectivity index (χ1) is 7.66. The first kappa shape index (κ1) is 11.9. The molecular weight excluding hydrogens is 270 g/mol. The third kappa shape index (κ3) is 2.75. The number of ether oxygens (including phenoxy) is 2. The van der Waals surface area contributed by atoms with Crippen molar-refractivity contribution in [3.8, 4) is 0 Å². The highest BCUT2D eigenvalue weighted by Crippen LogP contribution is 2.25. The predicted molar refractivity (Wildman–Crippen MR) is 67.8 cm³/mol. The van der Waals surface area contributed by atoms with Gasteiger partial charge in [0.1, 0.15) is 12.9 Å². The highest BCUT2D eigenvalue weighted by molar-refractivity contribution is 9.10. The van der Waals surface area contributed by atoms with Crippen molar-refractivity contribution in [2.75, 3.05) is 25.3 Å². The Hall–Kier alpha value is -0.580. The van der Waals surface area contributed by atoms with Gasteiger partial charge in [-0.2, -0.15) is 0 Å². The number of anilines is 1. The third-order valence-corrected chi connectivity index (χ3v) is 3.15. The average Bonchev–Trinajstić information content (AvgIpc) is 2.68. The Morgan fingerprint density at radius 3 is 2.62 bits per heavy atom. The van der Waals surface area contributed by atoms with Crippen LogP contribution in [0.4, 0.5) is 5.69 Å². The smallest absolute Gasteiger partial charge is 0.147 e. The molecule has 3 nitrogen and oxygen atoms in total. The summed E-state index contributed by atoms with van der Waals surface area (Å²) in [5.41, 5.74) is 3.68.